The van der Waals surface area contributed by atoms with E-state index in [1.165, 1.54) is 12.1 Å². The van der Waals surface area contributed by atoms with Gasteiger partial charge in [-0.25, -0.2) is 4.39 Å². The number of halogens is 1. The van der Waals surface area contributed by atoms with Gasteiger partial charge in [0.1, 0.15) is 11.6 Å². The summed E-state index contributed by atoms with van der Waals surface area (Å²) in [5.41, 5.74) is 0.677. The van der Waals surface area contributed by atoms with Crippen LogP contribution in [0.3, 0.4) is 0 Å². The highest BCUT2D eigenvalue weighted by Crippen LogP contribution is 2.15. The Balaban J connectivity index is 1.88. The van der Waals surface area contributed by atoms with Gasteiger partial charge in [-0.2, -0.15) is 0 Å². The summed E-state index contributed by atoms with van der Waals surface area (Å²) in [6.07, 6.45) is 0.701. The molecule has 2 rings (SSSR count). The molecule has 0 aromatic heterocycles. The molecule has 0 radical (unpaired) electrons. The van der Waals surface area contributed by atoms with Gasteiger partial charge in [0.2, 0.25) is 0 Å². The second kappa shape index (κ2) is 5.27. The van der Waals surface area contributed by atoms with Crippen LogP contribution in [0.2, 0.25) is 0 Å². The second-order valence-electron chi connectivity index (χ2n) is 4.12. The fourth-order valence-electron chi connectivity index (χ4n) is 1.95. The summed E-state index contributed by atoms with van der Waals surface area (Å²) in [5, 5.41) is 12.4. The molecule has 1 fully saturated rings. The number of benzene rings is 1. The molecule has 0 amide bonds. The Bertz CT molecular complexity index is 351. The van der Waals surface area contributed by atoms with Crippen LogP contribution in [0.5, 0.6) is 5.75 Å². The number of aromatic hydroxyl groups is 1. The van der Waals surface area contributed by atoms with Gasteiger partial charge in [-0.1, -0.05) is 6.07 Å². The molecule has 1 aliphatic heterocycles. The fraction of sp³-hybridized carbons (Fsp3) is 0.500. The number of phenolic OH excluding ortho intramolecular Hbond substituents is 1. The molecule has 0 unspecified atom stereocenters. The highest BCUT2D eigenvalue weighted by Gasteiger charge is 2.10. The van der Waals surface area contributed by atoms with Crippen LogP contribution in [-0.2, 0) is 6.42 Å². The van der Waals surface area contributed by atoms with Gasteiger partial charge in [-0.3, -0.25) is 0 Å². The van der Waals surface area contributed by atoms with Crippen molar-refractivity contribution in [2.75, 3.05) is 32.7 Å². The maximum absolute atomic E-state index is 13.4. The van der Waals surface area contributed by atoms with Crippen molar-refractivity contribution in [3.05, 3.63) is 29.6 Å². The van der Waals surface area contributed by atoms with Crippen LogP contribution in [0.1, 0.15) is 5.56 Å². The van der Waals surface area contributed by atoms with Crippen LogP contribution >= 0.6 is 0 Å². The van der Waals surface area contributed by atoms with Crippen LogP contribution in [-0.4, -0.2) is 42.7 Å². The molecule has 1 saturated heterocycles. The molecule has 88 valence electrons. The Hall–Kier alpha value is -1.13. The van der Waals surface area contributed by atoms with Gasteiger partial charge in [-0.05, 0) is 18.1 Å². The third-order valence-electron chi connectivity index (χ3n) is 2.94. The minimum Gasteiger partial charge on any atom is -0.508 e. The second-order valence-corrected chi connectivity index (χ2v) is 4.12. The van der Waals surface area contributed by atoms with Crippen molar-refractivity contribution in [3.63, 3.8) is 0 Å². The van der Waals surface area contributed by atoms with Crippen LogP contribution in [0.4, 0.5) is 4.39 Å². The lowest BCUT2D eigenvalue weighted by Gasteiger charge is -2.27. The van der Waals surface area contributed by atoms with Crippen LogP contribution in [0.25, 0.3) is 0 Å². The van der Waals surface area contributed by atoms with Crippen LogP contribution in [0, 0.1) is 5.82 Å². The van der Waals surface area contributed by atoms with Crippen molar-refractivity contribution in [3.8, 4) is 5.75 Å². The average molecular weight is 224 g/mol. The highest BCUT2D eigenvalue weighted by atomic mass is 19.1. The van der Waals surface area contributed by atoms with E-state index in [-0.39, 0.29) is 11.6 Å². The van der Waals surface area contributed by atoms with E-state index in [1.54, 1.807) is 6.07 Å². The first-order valence-corrected chi connectivity index (χ1v) is 5.66. The molecule has 0 bridgehead atoms. The molecule has 0 spiro atoms. The molecule has 1 aromatic rings. The molecule has 0 aliphatic carbocycles. The van der Waals surface area contributed by atoms with Gasteiger partial charge in [0.15, 0.2) is 0 Å². The summed E-state index contributed by atoms with van der Waals surface area (Å²) in [6, 6.07) is 4.37. The molecule has 3 nitrogen and oxygen atoms in total. The maximum Gasteiger partial charge on any atom is 0.130 e. The first-order valence-electron chi connectivity index (χ1n) is 5.66. The minimum absolute atomic E-state index is 0.0107. The number of rotatable bonds is 3. The molecular formula is C12H17FN2O. The quantitative estimate of drug-likeness (QED) is 0.803. The van der Waals surface area contributed by atoms with Crippen molar-refractivity contribution in [1.82, 2.24) is 10.2 Å². The predicted octanol–water partition coefficient (Wildman–Crippen LogP) is 0.979. The average Bonchev–Trinajstić information content (AvgIpc) is 2.29. The van der Waals surface area contributed by atoms with Gasteiger partial charge < -0.3 is 15.3 Å². The van der Waals surface area contributed by atoms with Crippen molar-refractivity contribution in [2.45, 2.75) is 6.42 Å². The van der Waals surface area contributed by atoms with E-state index in [1.807, 2.05) is 0 Å². The van der Waals surface area contributed by atoms with Gasteiger partial charge in [0, 0.05) is 38.8 Å². The normalized spacial score (nSPS) is 17.6. The SMILES string of the molecule is Oc1ccc(CCN2CCNCC2)c(F)c1. The van der Waals surface area contributed by atoms with Crippen molar-refractivity contribution >= 4 is 0 Å². The van der Waals surface area contributed by atoms with Crippen molar-refractivity contribution < 1.29 is 9.50 Å². The molecule has 1 aliphatic rings. The van der Waals surface area contributed by atoms with Gasteiger partial charge in [0.05, 0.1) is 0 Å². The summed E-state index contributed by atoms with van der Waals surface area (Å²) in [4.78, 5) is 2.32. The van der Waals surface area contributed by atoms with E-state index in [0.717, 1.165) is 32.7 Å². The van der Waals surface area contributed by atoms with E-state index in [0.29, 0.717) is 12.0 Å². The van der Waals surface area contributed by atoms with E-state index in [4.69, 9.17) is 5.11 Å². The number of nitrogens with one attached hydrogen (secondary N) is 1. The molecule has 0 saturated carbocycles. The minimum atomic E-state index is -0.310. The van der Waals surface area contributed by atoms with E-state index < -0.39 is 0 Å². The number of phenols is 1. The third-order valence-corrected chi connectivity index (χ3v) is 2.94. The summed E-state index contributed by atoms with van der Waals surface area (Å²) in [5.74, 6) is -0.321. The number of piperazine rings is 1. The molecule has 2 N–H and O–H groups in total. The highest BCUT2D eigenvalue weighted by molar-refractivity contribution is 5.27. The van der Waals surface area contributed by atoms with Gasteiger partial charge >= 0.3 is 0 Å². The molecule has 1 heterocycles. The topological polar surface area (TPSA) is 35.5 Å². The lowest BCUT2D eigenvalue weighted by molar-refractivity contribution is 0.243. The smallest absolute Gasteiger partial charge is 0.130 e. The fourth-order valence-corrected chi connectivity index (χ4v) is 1.95. The Morgan fingerprint density at radius 3 is 2.75 bits per heavy atom. The number of hydrogen-bond donors (Lipinski definition) is 2. The first-order chi connectivity index (χ1) is 7.75. The molecule has 16 heavy (non-hydrogen) atoms. The number of nitrogens with zero attached hydrogens (tertiary/aromatic N) is 1. The summed E-state index contributed by atoms with van der Waals surface area (Å²) < 4.78 is 13.4. The predicted molar refractivity (Wildman–Crippen MR) is 61.1 cm³/mol. The summed E-state index contributed by atoms with van der Waals surface area (Å²) in [7, 11) is 0. The molecule has 4 heteroatoms. The zero-order valence-corrected chi connectivity index (χ0v) is 9.25. The standard InChI is InChI=1S/C12H17FN2O/c13-12-9-11(16)2-1-10(12)3-6-15-7-4-14-5-8-15/h1-2,9,14,16H,3-8H2. The first kappa shape index (κ1) is 11.4. The molecule has 1 aromatic carbocycles. The monoisotopic (exact) mass is 224 g/mol. The summed E-state index contributed by atoms with van der Waals surface area (Å²) >= 11 is 0. The van der Waals surface area contributed by atoms with E-state index in [2.05, 4.69) is 10.2 Å². The Morgan fingerprint density at radius 1 is 1.31 bits per heavy atom. The Kier molecular flexibility index (Phi) is 3.74. The molecule has 0 atom stereocenters. The zero-order valence-electron chi connectivity index (χ0n) is 9.25. The molecular weight excluding hydrogens is 207 g/mol. The lowest BCUT2D eigenvalue weighted by Crippen LogP contribution is -2.44. The van der Waals surface area contributed by atoms with Gasteiger partial charge in [0.25, 0.3) is 0 Å². The third kappa shape index (κ3) is 2.93. The van der Waals surface area contributed by atoms with Crippen molar-refractivity contribution in [1.29, 1.82) is 0 Å². The van der Waals surface area contributed by atoms with Crippen LogP contribution in [0.15, 0.2) is 18.2 Å². The zero-order chi connectivity index (χ0) is 11.4. The van der Waals surface area contributed by atoms with E-state index >= 15 is 0 Å². The maximum atomic E-state index is 13.4. The van der Waals surface area contributed by atoms with Crippen molar-refractivity contribution in [2.24, 2.45) is 0 Å². The van der Waals surface area contributed by atoms with Gasteiger partial charge in [-0.15, -0.1) is 0 Å². The largest absolute Gasteiger partial charge is 0.508 e. The Morgan fingerprint density at radius 2 is 2.06 bits per heavy atom. The lowest BCUT2D eigenvalue weighted by atomic mass is 10.1. The Labute approximate surface area is 94.9 Å². The van der Waals surface area contributed by atoms with Crippen LogP contribution < -0.4 is 5.32 Å². The summed E-state index contributed by atoms with van der Waals surface area (Å²) in [6.45, 7) is 4.96. The van der Waals surface area contributed by atoms with E-state index in [9.17, 15) is 4.39 Å². The number of hydrogen-bond acceptors (Lipinski definition) is 3.